The van der Waals surface area contributed by atoms with Crippen LogP contribution in [0, 0.1) is 0 Å². The molecule has 0 saturated heterocycles. The Bertz CT molecular complexity index is 646. The fourth-order valence-electron chi connectivity index (χ4n) is 3.11. The molecular formula is C17H20N2O2. The lowest BCUT2D eigenvalue weighted by molar-refractivity contribution is -0.142. The number of rotatable bonds is 3. The molecule has 2 aromatic rings. The van der Waals surface area contributed by atoms with Crippen LogP contribution in [0.5, 0.6) is 0 Å². The lowest BCUT2D eigenvalue weighted by Crippen LogP contribution is -2.46. The maximum absolute atomic E-state index is 11.8. The fourth-order valence-corrected chi connectivity index (χ4v) is 3.11. The molecular weight excluding hydrogens is 264 g/mol. The largest absolute Gasteiger partial charge is 0.480 e. The number of aliphatic carboxylic acids is 1. The molecule has 4 heteroatoms. The maximum Gasteiger partial charge on any atom is 0.329 e. The monoisotopic (exact) mass is 284 g/mol. The molecule has 1 aromatic heterocycles. The number of aromatic nitrogens is 1. The first kappa shape index (κ1) is 13.9. The number of fused-ring (bicyclic) bond motifs is 1. The lowest BCUT2D eigenvalue weighted by Gasteiger charge is -2.30. The number of carbonyl (C=O) groups is 1. The summed E-state index contributed by atoms with van der Waals surface area (Å²) in [5.74, 6) is -0.114. The molecule has 3 rings (SSSR count). The number of para-hydroxylation sites is 1. The second-order valence-electron chi connectivity index (χ2n) is 5.82. The van der Waals surface area contributed by atoms with Crippen LogP contribution in [0.4, 0.5) is 5.82 Å². The summed E-state index contributed by atoms with van der Waals surface area (Å²) >= 11 is 0. The van der Waals surface area contributed by atoms with Gasteiger partial charge in [0.25, 0.3) is 0 Å². The van der Waals surface area contributed by atoms with Gasteiger partial charge in [-0.1, -0.05) is 43.9 Å². The minimum Gasteiger partial charge on any atom is -0.480 e. The van der Waals surface area contributed by atoms with Crippen LogP contribution in [0.25, 0.3) is 10.9 Å². The summed E-state index contributed by atoms with van der Waals surface area (Å²) < 4.78 is 0. The van der Waals surface area contributed by atoms with Crippen LogP contribution < -0.4 is 5.32 Å². The van der Waals surface area contributed by atoms with Gasteiger partial charge in [-0.3, -0.25) is 0 Å². The molecule has 1 aromatic carbocycles. The van der Waals surface area contributed by atoms with Crippen molar-refractivity contribution < 1.29 is 9.90 Å². The van der Waals surface area contributed by atoms with E-state index in [1.165, 1.54) is 0 Å². The minimum atomic E-state index is -0.869. The van der Waals surface area contributed by atoms with Crippen LogP contribution in [-0.4, -0.2) is 21.6 Å². The third-order valence-electron chi connectivity index (χ3n) is 4.33. The highest BCUT2D eigenvalue weighted by Crippen LogP contribution is 2.31. The number of anilines is 1. The molecule has 0 amide bonds. The number of benzene rings is 1. The SMILES string of the molecule is O=C(O)C1(Nc2ccc3ccccc3n2)CCCCCC1. The van der Waals surface area contributed by atoms with Crippen LogP contribution in [0.2, 0.25) is 0 Å². The number of nitrogens with zero attached hydrogens (tertiary/aromatic N) is 1. The van der Waals surface area contributed by atoms with Crippen LogP contribution in [0.1, 0.15) is 38.5 Å². The van der Waals surface area contributed by atoms with Crippen LogP contribution in [0.15, 0.2) is 36.4 Å². The Morgan fingerprint density at radius 3 is 2.48 bits per heavy atom. The Labute approximate surface area is 124 Å². The molecule has 0 bridgehead atoms. The molecule has 21 heavy (non-hydrogen) atoms. The Kier molecular flexibility index (Phi) is 3.78. The van der Waals surface area contributed by atoms with Crippen molar-refractivity contribution in [1.82, 2.24) is 4.98 Å². The van der Waals surface area contributed by atoms with E-state index in [0.717, 1.165) is 36.6 Å². The number of pyridine rings is 1. The first-order valence-electron chi connectivity index (χ1n) is 7.57. The van der Waals surface area contributed by atoms with E-state index in [2.05, 4.69) is 10.3 Å². The molecule has 1 fully saturated rings. The normalized spacial score (nSPS) is 18.1. The van der Waals surface area contributed by atoms with Gasteiger partial charge in [0, 0.05) is 5.39 Å². The van der Waals surface area contributed by atoms with E-state index >= 15 is 0 Å². The Hall–Kier alpha value is -2.10. The summed E-state index contributed by atoms with van der Waals surface area (Å²) in [5, 5.41) is 14.0. The first-order valence-corrected chi connectivity index (χ1v) is 7.57. The topological polar surface area (TPSA) is 62.2 Å². The molecule has 1 saturated carbocycles. The average molecular weight is 284 g/mol. The van der Waals surface area contributed by atoms with Gasteiger partial charge >= 0.3 is 5.97 Å². The van der Waals surface area contributed by atoms with Gasteiger partial charge in [0.05, 0.1) is 5.52 Å². The number of hydrogen-bond acceptors (Lipinski definition) is 3. The van der Waals surface area contributed by atoms with Gasteiger partial charge in [-0.2, -0.15) is 0 Å². The zero-order valence-corrected chi connectivity index (χ0v) is 12.0. The molecule has 0 radical (unpaired) electrons. The van der Waals surface area contributed by atoms with Gasteiger partial charge in [-0.15, -0.1) is 0 Å². The highest BCUT2D eigenvalue weighted by molar-refractivity contribution is 5.84. The van der Waals surface area contributed by atoms with Gasteiger partial charge in [-0.05, 0) is 31.0 Å². The van der Waals surface area contributed by atoms with Gasteiger partial charge in [0.15, 0.2) is 0 Å². The van der Waals surface area contributed by atoms with E-state index in [9.17, 15) is 9.90 Å². The third kappa shape index (κ3) is 2.84. The van der Waals surface area contributed by atoms with Gasteiger partial charge < -0.3 is 10.4 Å². The zero-order valence-electron chi connectivity index (χ0n) is 12.0. The Morgan fingerprint density at radius 1 is 1.05 bits per heavy atom. The smallest absolute Gasteiger partial charge is 0.329 e. The highest BCUT2D eigenvalue weighted by atomic mass is 16.4. The van der Waals surface area contributed by atoms with Gasteiger partial charge in [0.2, 0.25) is 0 Å². The van der Waals surface area contributed by atoms with E-state index in [1.807, 2.05) is 36.4 Å². The van der Waals surface area contributed by atoms with Crippen molar-refractivity contribution in [1.29, 1.82) is 0 Å². The predicted molar refractivity (Wildman–Crippen MR) is 83.4 cm³/mol. The Morgan fingerprint density at radius 2 is 1.76 bits per heavy atom. The van der Waals surface area contributed by atoms with E-state index in [1.54, 1.807) is 0 Å². The highest BCUT2D eigenvalue weighted by Gasteiger charge is 2.38. The molecule has 0 spiro atoms. The summed E-state index contributed by atoms with van der Waals surface area (Å²) in [5.41, 5.74) is 0.0167. The summed E-state index contributed by atoms with van der Waals surface area (Å²) in [6, 6.07) is 11.7. The van der Waals surface area contributed by atoms with E-state index in [4.69, 9.17) is 0 Å². The third-order valence-corrected chi connectivity index (χ3v) is 4.33. The summed E-state index contributed by atoms with van der Waals surface area (Å²) in [6.45, 7) is 0. The molecule has 1 aliphatic carbocycles. The molecule has 0 aliphatic heterocycles. The zero-order chi connectivity index (χ0) is 14.7. The van der Waals surface area contributed by atoms with Crippen molar-refractivity contribution in [2.45, 2.75) is 44.1 Å². The van der Waals surface area contributed by atoms with Crippen molar-refractivity contribution in [3.8, 4) is 0 Å². The minimum absolute atomic E-state index is 0.651. The predicted octanol–water partition coefficient (Wildman–Crippen LogP) is 3.82. The summed E-state index contributed by atoms with van der Waals surface area (Å²) in [6.07, 6.45) is 5.46. The first-order chi connectivity index (χ1) is 10.2. The average Bonchev–Trinajstić information content (AvgIpc) is 2.74. The van der Waals surface area contributed by atoms with Gasteiger partial charge in [0.1, 0.15) is 11.4 Å². The van der Waals surface area contributed by atoms with Crippen LogP contribution in [0.3, 0.4) is 0 Å². The van der Waals surface area contributed by atoms with Gasteiger partial charge in [-0.25, -0.2) is 9.78 Å². The summed E-state index contributed by atoms with van der Waals surface area (Å²) in [7, 11) is 0. The molecule has 110 valence electrons. The van der Waals surface area contributed by atoms with Crippen molar-refractivity contribution in [3.05, 3.63) is 36.4 Å². The molecule has 1 heterocycles. The van der Waals surface area contributed by atoms with E-state index < -0.39 is 11.5 Å². The van der Waals surface area contributed by atoms with Crippen LogP contribution in [-0.2, 0) is 4.79 Å². The van der Waals surface area contributed by atoms with Crippen molar-refractivity contribution in [3.63, 3.8) is 0 Å². The molecule has 2 N–H and O–H groups in total. The number of nitrogens with one attached hydrogen (secondary N) is 1. The number of carboxylic acids is 1. The maximum atomic E-state index is 11.8. The quantitative estimate of drug-likeness (QED) is 0.841. The number of carboxylic acid groups (broad SMARTS) is 1. The lowest BCUT2D eigenvalue weighted by atomic mass is 9.90. The second-order valence-corrected chi connectivity index (χ2v) is 5.82. The fraction of sp³-hybridized carbons (Fsp3) is 0.412. The van der Waals surface area contributed by atoms with Crippen molar-refractivity contribution in [2.24, 2.45) is 0 Å². The Balaban J connectivity index is 1.91. The van der Waals surface area contributed by atoms with Crippen LogP contribution >= 0.6 is 0 Å². The second kappa shape index (κ2) is 5.72. The molecule has 4 nitrogen and oxygen atoms in total. The standard InChI is InChI=1S/C17H20N2O2/c20-16(21)17(11-5-1-2-6-12-17)19-15-10-9-13-7-3-4-8-14(13)18-15/h3-4,7-10H,1-2,5-6,11-12H2,(H,18,19)(H,20,21). The van der Waals surface area contributed by atoms with E-state index in [0.29, 0.717) is 18.7 Å². The molecule has 0 atom stereocenters. The molecule has 0 unspecified atom stereocenters. The van der Waals surface area contributed by atoms with Crippen molar-refractivity contribution >= 4 is 22.7 Å². The number of hydrogen-bond donors (Lipinski definition) is 2. The van der Waals surface area contributed by atoms with Crippen molar-refractivity contribution in [2.75, 3.05) is 5.32 Å². The summed E-state index contributed by atoms with van der Waals surface area (Å²) in [4.78, 5) is 16.4. The molecule has 1 aliphatic rings. The van der Waals surface area contributed by atoms with E-state index in [-0.39, 0.29) is 0 Å².